The minimum Gasteiger partial charge on any atom is -0.487 e. The number of fused-ring (bicyclic) bond motifs is 1. The van der Waals surface area contributed by atoms with E-state index in [0.717, 1.165) is 22.5 Å². The van der Waals surface area contributed by atoms with Crippen LogP contribution < -0.4 is 15.2 Å². The number of ether oxygens (including phenoxy) is 1. The van der Waals surface area contributed by atoms with E-state index in [-0.39, 0.29) is 22.8 Å². The molecule has 0 saturated carbocycles. The number of nitrogens with zero attached hydrogens (tertiary/aromatic N) is 4. The third-order valence-corrected chi connectivity index (χ3v) is 8.31. The molecule has 3 N–H and O–H groups in total. The van der Waals surface area contributed by atoms with Crippen molar-refractivity contribution in [2.75, 3.05) is 5.32 Å². The Balaban J connectivity index is 1.25. The van der Waals surface area contributed by atoms with Gasteiger partial charge in [0.2, 0.25) is 10.2 Å². The number of rotatable bonds is 9. The quantitative estimate of drug-likeness (QED) is 0.267. The van der Waals surface area contributed by atoms with Gasteiger partial charge in [-0.05, 0) is 47.4 Å². The molecule has 10 nitrogen and oxygen atoms in total. The minimum absolute atomic E-state index is 0.0502. The standard InChI is InChI=1S/C27H26N6O4S2/c1-17(2)25(26(34)29-20-10-8-19(9-11-20)18-6-4-3-5-7-18)33-15-21(31-32-33)16-37-22-12-13-23-24(14-22)38-27(30-23)39(28,35)36/h3-15,17,25H,16H2,1-2H3,(H,29,34)(H2,28,35,36)/t25-/m1/s1. The molecule has 3 aromatic carbocycles. The van der Waals surface area contributed by atoms with E-state index in [4.69, 9.17) is 9.88 Å². The van der Waals surface area contributed by atoms with Gasteiger partial charge in [0.15, 0.2) is 0 Å². The second-order valence-electron chi connectivity index (χ2n) is 9.25. The van der Waals surface area contributed by atoms with E-state index in [1.807, 2.05) is 68.4 Å². The highest BCUT2D eigenvalue weighted by Crippen LogP contribution is 2.29. The van der Waals surface area contributed by atoms with Crippen molar-refractivity contribution >= 4 is 43.2 Å². The molecule has 0 aliphatic carbocycles. The summed E-state index contributed by atoms with van der Waals surface area (Å²) < 4.78 is 31.0. The number of hydrogen-bond acceptors (Lipinski definition) is 8. The normalized spacial score (nSPS) is 12.5. The smallest absolute Gasteiger partial charge is 0.265 e. The molecular weight excluding hydrogens is 536 g/mol. The molecule has 0 radical (unpaired) electrons. The van der Waals surface area contributed by atoms with Crippen molar-refractivity contribution in [3.8, 4) is 16.9 Å². The number of anilines is 1. The summed E-state index contributed by atoms with van der Waals surface area (Å²) in [5.41, 5.74) is 3.92. The zero-order valence-corrected chi connectivity index (χ0v) is 22.8. The van der Waals surface area contributed by atoms with Crippen molar-refractivity contribution in [2.45, 2.75) is 30.8 Å². The SMILES string of the molecule is CC(C)[C@H](C(=O)Nc1ccc(-c2ccccc2)cc1)n1cc(COc2ccc3nc(S(N)(=O)=O)sc3c2)nn1. The maximum atomic E-state index is 13.2. The molecule has 5 aromatic rings. The fourth-order valence-corrected chi connectivity index (χ4v) is 5.77. The van der Waals surface area contributed by atoms with Gasteiger partial charge in [-0.1, -0.05) is 61.5 Å². The third-order valence-electron chi connectivity index (χ3n) is 5.97. The van der Waals surface area contributed by atoms with Crippen LogP contribution in [0.5, 0.6) is 5.75 Å². The van der Waals surface area contributed by atoms with Crippen molar-refractivity contribution < 1.29 is 17.9 Å². The molecule has 0 bridgehead atoms. The van der Waals surface area contributed by atoms with Gasteiger partial charge in [-0.15, -0.1) is 16.4 Å². The Morgan fingerprint density at radius 2 is 1.77 bits per heavy atom. The van der Waals surface area contributed by atoms with Gasteiger partial charge in [0.25, 0.3) is 10.0 Å². The Hall–Kier alpha value is -4.13. The molecule has 200 valence electrons. The fourth-order valence-electron chi connectivity index (χ4n) is 4.09. The lowest BCUT2D eigenvalue weighted by Gasteiger charge is -2.20. The lowest BCUT2D eigenvalue weighted by Crippen LogP contribution is -2.30. The lowest BCUT2D eigenvalue weighted by molar-refractivity contribution is -0.120. The minimum atomic E-state index is -3.87. The molecule has 0 fully saturated rings. The molecule has 1 amide bonds. The number of primary sulfonamides is 1. The number of aromatic nitrogens is 4. The molecule has 2 heterocycles. The summed E-state index contributed by atoms with van der Waals surface area (Å²) in [6, 6.07) is 22.2. The van der Waals surface area contributed by atoms with Gasteiger partial charge in [0, 0.05) is 5.69 Å². The molecule has 5 rings (SSSR count). The maximum absolute atomic E-state index is 13.2. The summed E-state index contributed by atoms with van der Waals surface area (Å²) >= 11 is 0.974. The predicted molar refractivity (Wildman–Crippen MR) is 150 cm³/mol. The number of carbonyl (C=O) groups is 1. The van der Waals surface area contributed by atoms with Crippen LogP contribution in [-0.2, 0) is 21.4 Å². The Morgan fingerprint density at radius 3 is 2.46 bits per heavy atom. The first-order valence-corrected chi connectivity index (χ1v) is 14.5. The van der Waals surface area contributed by atoms with Gasteiger partial charge in [0.05, 0.1) is 16.4 Å². The monoisotopic (exact) mass is 562 g/mol. The second kappa shape index (κ2) is 10.9. The van der Waals surface area contributed by atoms with E-state index in [2.05, 4.69) is 20.6 Å². The molecular formula is C27H26N6O4S2. The van der Waals surface area contributed by atoms with Gasteiger partial charge in [-0.25, -0.2) is 23.2 Å². The van der Waals surface area contributed by atoms with Crippen LogP contribution in [0, 0.1) is 5.92 Å². The highest BCUT2D eigenvalue weighted by molar-refractivity contribution is 7.91. The number of sulfonamides is 1. The molecule has 0 aliphatic heterocycles. The first kappa shape index (κ1) is 26.5. The molecule has 0 saturated heterocycles. The molecule has 0 unspecified atom stereocenters. The summed E-state index contributed by atoms with van der Waals surface area (Å²) in [5.74, 6) is 0.265. The average Bonchev–Trinajstić information content (AvgIpc) is 3.55. The maximum Gasteiger partial charge on any atom is 0.265 e. The van der Waals surface area contributed by atoms with E-state index in [1.54, 1.807) is 29.1 Å². The number of nitrogens with two attached hydrogens (primary N) is 1. The van der Waals surface area contributed by atoms with Crippen molar-refractivity contribution in [3.63, 3.8) is 0 Å². The number of thiazole rings is 1. The van der Waals surface area contributed by atoms with Crippen molar-refractivity contribution in [1.29, 1.82) is 0 Å². The Bertz CT molecular complexity index is 1710. The summed E-state index contributed by atoms with van der Waals surface area (Å²) in [7, 11) is -3.87. The number of amides is 1. The molecule has 0 spiro atoms. The van der Waals surface area contributed by atoms with Crippen LogP contribution in [0.15, 0.2) is 83.3 Å². The molecule has 1 atom stereocenters. The van der Waals surface area contributed by atoms with E-state index < -0.39 is 16.1 Å². The number of hydrogen-bond donors (Lipinski definition) is 2. The van der Waals surface area contributed by atoms with Crippen LogP contribution in [0.25, 0.3) is 21.3 Å². The summed E-state index contributed by atoms with van der Waals surface area (Å²) in [4.78, 5) is 17.2. The van der Waals surface area contributed by atoms with E-state index in [9.17, 15) is 13.2 Å². The first-order valence-electron chi connectivity index (χ1n) is 12.1. The van der Waals surface area contributed by atoms with Crippen LogP contribution in [0.3, 0.4) is 0 Å². The Morgan fingerprint density at radius 1 is 1.05 bits per heavy atom. The molecule has 2 aromatic heterocycles. The highest BCUT2D eigenvalue weighted by atomic mass is 32.2. The zero-order valence-electron chi connectivity index (χ0n) is 21.2. The van der Waals surface area contributed by atoms with Crippen LogP contribution in [-0.4, -0.2) is 34.3 Å². The topological polar surface area (TPSA) is 142 Å². The van der Waals surface area contributed by atoms with Gasteiger partial charge in [0.1, 0.15) is 24.1 Å². The van der Waals surface area contributed by atoms with Crippen LogP contribution in [0.1, 0.15) is 25.6 Å². The Labute approximate surface area is 229 Å². The largest absolute Gasteiger partial charge is 0.487 e. The summed E-state index contributed by atoms with van der Waals surface area (Å²) in [5, 5.41) is 16.5. The van der Waals surface area contributed by atoms with Crippen LogP contribution in [0.4, 0.5) is 5.69 Å². The Kier molecular flexibility index (Phi) is 7.42. The van der Waals surface area contributed by atoms with Gasteiger partial charge in [-0.3, -0.25) is 4.79 Å². The molecule has 39 heavy (non-hydrogen) atoms. The van der Waals surface area contributed by atoms with Crippen LogP contribution >= 0.6 is 11.3 Å². The van der Waals surface area contributed by atoms with Crippen molar-refractivity contribution in [3.05, 3.63) is 84.7 Å². The van der Waals surface area contributed by atoms with Crippen molar-refractivity contribution in [1.82, 2.24) is 20.0 Å². The summed E-state index contributed by atoms with van der Waals surface area (Å²) in [6.45, 7) is 4.00. The zero-order chi connectivity index (χ0) is 27.6. The van der Waals surface area contributed by atoms with E-state index in [0.29, 0.717) is 27.3 Å². The lowest BCUT2D eigenvalue weighted by atomic mass is 10.0. The number of nitrogens with one attached hydrogen (secondary N) is 1. The number of carbonyl (C=O) groups excluding carboxylic acids is 1. The highest BCUT2D eigenvalue weighted by Gasteiger charge is 2.26. The first-order chi connectivity index (χ1) is 18.7. The molecule has 12 heteroatoms. The van der Waals surface area contributed by atoms with E-state index >= 15 is 0 Å². The number of benzene rings is 3. The summed E-state index contributed by atoms with van der Waals surface area (Å²) in [6.07, 6.45) is 1.69. The van der Waals surface area contributed by atoms with Gasteiger partial charge in [-0.2, -0.15) is 0 Å². The van der Waals surface area contributed by atoms with Gasteiger partial charge >= 0.3 is 0 Å². The fraction of sp³-hybridized carbons (Fsp3) is 0.185. The van der Waals surface area contributed by atoms with Crippen molar-refractivity contribution in [2.24, 2.45) is 11.1 Å². The predicted octanol–water partition coefficient (Wildman–Crippen LogP) is 4.62. The third kappa shape index (κ3) is 6.14. The van der Waals surface area contributed by atoms with E-state index in [1.165, 1.54) is 0 Å². The molecule has 0 aliphatic rings. The second-order valence-corrected chi connectivity index (χ2v) is 12.0. The van der Waals surface area contributed by atoms with Crippen LogP contribution in [0.2, 0.25) is 0 Å². The average molecular weight is 563 g/mol. The van der Waals surface area contributed by atoms with Gasteiger partial charge < -0.3 is 10.1 Å².